The molecule has 1 aliphatic rings. The molecule has 0 spiro atoms. The molecule has 4 rings (SSSR count). The largest absolute Gasteiger partial charge is 0.483 e. The minimum Gasteiger partial charge on any atom is -0.483 e. The number of para-hydroxylation sites is 2. The number of benzene rings is 2. The number of nitrogens with zero attached hydrogens (tertiary/aromatic N) is 2. The molecule has 2 amide bonds. The van der Waals surface area contributed by atoms with E-state index in [-0.39, 0.29) is 30.0 Å². The molecule has 1 saturated heterocycles. The first-order valence-corrected chi connectivity index (χ1v) is 12.3. The Hall–Kier alpha value is -3.68. The van der Waals surface area contributed by atoms with E-state index in [2.05, 4.69) is 15.3 Å². The molecule has 1 unspecified atom stereocenters. The molecule has 184 valence electrons. The van der Waals surface area contributed by atoms with Crippen LogP contribution in [0.1, 0.15) is 56.5 Å². The van der Waals surface area contributed by atoms with Crippen molar-refractivity contribution < 1.29 is 14.3 Å². The van der Waals surface area contributed by atoms with Crippen LogP contribution in [0.15, 0.2) is 53.3 Å². The third-order valence-corrected chi connectivity index (χ3v) is 6.33. The molecule has 1 aromatic heterocycles. The highest BCUT2D eigenvalue weighted by molar-refractivity contribution is 5.78. The fourth-order valence-electron chi connectivity index (χ4n) is 4.43. The maximum absolute atomic E-state index is 12.7. The van der Waals surface area contributed by atoms with Gasteiger partial charge in [-0.25, -0.2) is 4.98 Å². The van der Waals surface area contributed by atoms with Crippen LogP contribution in [0.4, 0.5) is 0 Å². The number of carbonyl (C=O) groups is 2. The van der Waals surface area contributed by atoms with Gasteiger partial charge in [0.1, 0.15) is 11.6 Å². The average Bonchev–Trinajstić information content (AvgIpc) is 3.41. The first kappa shape index (κ1) is 24.4. The molecule has 1 aliphatic heterocycles. The number of aryl methyl sites for hydroxylation is 1. The maximum Gasteiger partial charge on any atom is 0.260 e. The van der Waals surface area contributed by atoms with Crippen LogP contribution in [0.5, 0.6) is 5.75 Å². The first-order valence-electron chi connectivity index (χ1n) is 12.3. The zero-order valence-electron chi connectivity index (χ0n) is 20.1. The molecule has 1 atom stereocenters. The highest BCUT2D eigenvalue weighted by Gasteiger charge is 2.21. The van der Waals surface area contributed by atoms with Crippen LogP contribution in [-0.2, 0) is 16.0 Å². The smallest absolute Gasteiger partial charge is 0.260 e. The molecule has 0 aliphatic carbocycles. The van der Waals surface area contributed by atoms with E-state index in [1.807, 2.05) is 54.3 Å². The van der Waals surface area contributed by atoms with E-state index in [0.717, 1.165) is 31.5 Å². The van der Waals surface area contributed by atoms with Gasteiger partial charge in [-0.3, -0.25) is 14.4 Å². The second kappa shape index (κ2) is 11.6. The third kappa shape index (κ3) is 6.26. The van der Waals surface area contributed by atoms with Crippen molar-refractivity contribution in [3.8, 4) is 5.75 Å². The van der Waals surface area contributed by atoms with Crippen LogP contribution < -0.4 is 15.6 Å². The lowest BCUT2D eigenvalue weighted by atomic mass is 10.0. The van der Waals surface area contributed by atoms with Crippen molar-refractivity contribution in [3.05, 3.63) is 70.3 Å². The van der Waals surface area contributed by atoms with Gasteiger partial charge >= 0.3 is 0 Å². The minimum atomic E-state index is -0.223. The van der Waals surface area contributed by atoms with E-state index in [1.165, 1.54) is 0 Å². The summed E-state index contributed by atoms with van der Waals surface area (Å²) in [4.78, 5) is 46.4. The van der Waals surface area contributed by atoms with E-state index in [4.69, 9.17) is 4.74 Å². The molecule has 2 N–H and O–H groups in total. The second-order valence-electron chi connectivity index (χ2n) is 8.83. The number of aromatic amines is 1. The highest BCUT2D eigenvalue weighted by atomic mass is 16.5. The topological polar surface area (TPSA) is 104 Å². The van der Waals surface area contributed by atoms with Gasteiger partial charge in [-0.15, -0.1) is 0 Å². The number of carbonyl (C=O) groups excluding carboxylic acids is 2. The van der Waals surface area contributed by atoms with Crippen LogP contribution in [-0.4, -0.2) is 46.4 Å². The Bertz CT molecular complexity index is 1230. The molecule has 0 saturated carbocycles. The fourth-order valence-corrected chi connectivity index (χ4v) is 4.43. The lowest BCUT2D eigenvalue weighted by Crippen LogP contribution is -2.32. The van der Waals surface area contributed by atoms with E-state index < -0.39 is 0 Å². The van der Waals surface area contributed by atoms with E-state index in [0.29, 0.717) is 48.2 Å². The number of ether oxygens (including phenoxy) is 1. The molecule has 0 bridgehead atoms. The molecular formula is C27H32N4O4. The van der Waals surface area contributed by atoms with Crippen molar-refractivity contribution in [1.29, 1.82) is 0 Å². The van der Waals surface area contributed by atoms with Crippen LogP contribution >= 0.6 is 0 Å². The van der Waals surface area contributed by atoms with Gasteiger partial charge in [0, 0.05) is 31.5 Å². The van der Waals surface area contributed by atoms with E-state index in [9.17, 15) is 14.4 Å². The third-order valence-electron chi connectivity index (χ3n) is 6.33. The Balaban J connectivity index is 1.32. The van der Waals surface area contributed by atoms with Crippen LogP contribution in [0.25, 0.3) is 10.9 Å². The zero-order chi connectivity index (χ0) is 24.6. The van der Waals surface area contributed by atoms with Gasteiger partial charge in [0.05, 0.1) is 16.9 Å². The van der Waals surface area contributed by atoms with E-state index in [1.54, 1.807) is 6.07 Å². The second-order valence-corrected chi connectivity index (χ2v) is 8.83. The number of aromatic nitrogens is 2. The molecule has 35 heavy (non-hydrogen) atoms. The van der Waals surface area contributed by atoms with E-state index >= 15 is 0 Å². The van der Waals surface area contributed by atoms with Crippen molar-refractivity contribution in [2.75, 3.05) is 19.7 Å². The number of fused-ring (bicyclic) bond motifs is 1. The summed E-state index contributed by atoms with van der Waals surface area (Å²) < 4.78 is 5.88. The summed E-state index contributed by atoms with van der Waals surface area (Å²) in [5.41, 5.74) is 1.35. The molecule has 2 heterocycles. The minimum absolute atomic E-state index is 0.00163. The Kier molecular flexibility index (Phi) is 8.13. The van der Waals surface area contributed by atoms with Crippen LogP contribution in [0.2, 0.25) is 0 Å². The number of H-pyrrole nitrogens is 1. The maximum atomic E-state index is 12.7. The van der Waals surface area contributed by atoms with Gasteiger partial charge in [-0.05, 0) is 43.9 Å². The van der Waals surface area contributed by atoms with Gasteiger partial charge in [-0.1, -0.05) is 37.3 Å². The van der Waals surface area contributed by atoms with Crippen LogP contribution in [0.3, 0.4) is 0 Å². The fraction of sp³-hybridized carbons (Fsp3) is 0.407. The number of likely N-dealkylation sites (tertiary alicyclic amines) is 1. The zero-order valence-corrected chi connectivity index (χ0v) is 20.1. The standard InChI is InChI=1S/C27H32N4O4/c1-2-21(19-10-4-6-13-23(19)35-18-26(33)31-16-7-8-17-31)29-25(32)15-9-14-24-28-22-12-5-3-11-20(22)27(34)30-24/h3-6,10-13,21H,2,7-9,14-18H2,1H3,(H,29,32)(H,28,30,34). The van der Waals surface area contributed by atoms with Crippen molar-refractivity contribution >= 4 is 22.7 Å². The molecule has 0 radical (unpaired) electrons. The predicted molar refractivity (Wildman–Crippen MR) is 134 cm³/mol. The van der Waals surface area contributed by atoms with Crippen molar-refractivity contribution in [2.24, 2.45) is 0 Å². The summed E-state index contributed by atoms with van der Waals surface area (Å²) in [6.07, 6.45) is 4.14. The van der Waals surface area contributed by atoms with Gasteiger partial charge in [0.25, 0.3) is 11.5 Å². The Morgan fingerprint density at radius 2 is 1.86 bits per heavy atom. The molecule has 8 heteroatoms. The summed E-state index contributed by atoms with van der Waals surface area (Å²) in [5, 5.41) is 3.64. The predicted octanol–water partition coefficient (Wildman–Crippen LogP) is 3.51. The Morgan fingerprint density at radius 3 is 2.66 bits per heavy atom. The monoisotopic (exact) mass is 476 g/mol. The van der Waals surface area contributed by atoms with Gasteiger partial charge in [0.2, 0.25) is 5.91 Å². The Morgan fingerprint density at radius 1 is 1.11 bits per heavy atom. The number of hydrogen-bond donors (Lipinski definition) is 2. The molecule has 3 aromatic rings. The van der Waals surface area contributed by atoms with Crippen molar-refractivity contribution in [3.63, 3.8) is 0 Å². The molecule has 1 fully saturated rings. The van der Waals surface area contributed by atoms with Crippen molar-refractivity contribution in [1.82, 2.24) is 20.2 Å². The SMILES string of the molecule is CCC(NC(=O)CCCc1nc2ccccc2c(=O)[nH]1)c1ccccc1OCC(=O)N1CCCC1. The summed E-state index contributed by atoms with van der Waals surface area (Å²) in [7, 11) is 0. The Labute approximate surface area is 204 Å². The lowest BCUT2D eigenvalue weighted by Gasteiger charge is -2.21. The van der Waals surface area contributed by atoms with Crippen molar-refractivity contribution in [2.45, 2.75) is 51.5 Å². The summed E-state index contributed by atoms with van der Waals surface area (Å²) in [6, 6.07) is 14.5. The summed E-state index contributed by atoms with van der Waals surface area (Å²) in [5.74, 6) is 1.11. The quantitative estimate of drug-likeness (QED) is 0.466. The molecular weight excluding hydrogens is 444 g/mol. The summed E-state index contributed by atoms with van der Waals surface area (Å²) in [6.45, 7) is 3.58. The lowest BCUT2D eigenvalue weighted by molar-refractivity contribution is -0.132. The number of amides is 2. The van der Waals surface area contributed by atoms with Crippen LogP contribution in [0, 0.1) is 0 Å². The normalized spacial score (nSPS) is 14.1. The summed E-state index contributed by atoms with van der Waals surface area (Å²) >= 11 is 0. The van der Waals surface area contributed by atoms with Gasteiger partial charge < -0.3 is 19.9 Å². The number of nitrogens with one attached hydrogen (secondary N) is 2. The average molecular weight is 477 g/mol. The number of rotatable bonds is 10. The van der Waals surface area contributed by atoms with Gasteiger partial charge in [0.15, 0.2) is 6.61 Å². The molecule has 2 aromatic carbocycles. The number of hydrogen-bond acceptors (Lipinski definition) is 5. The molecule has 8 nitrogen and oxygen atoms in total. The van der Waals surface area contributed by atoms with Gasteiger partial charge in [-0.2, -0.15) is 0 Å². The highest BCUT2D eigenvalue weighted by Crippen LogP contribution is 2.27. The first-order chi connectivity index (χ1) is 17.0.